The third-order valence-corrected chi connectivity index (χ3v) is 8.06. The summed E-state index contributed by atoms with van der Waals surface area (Å²) in [6.45, 7) is 6.44. The van der Waals surface area contributed by atoms with E-state index in [1.807, 2.05) is 59.5 Å². The summed E-state index contributed by atoms with van der Waals surface area (Å²) >= 11 is 0. The Morgan fingerprint density at radius 1 is 0.892 bits per heavy atom. The van der Waals surface area contributed by atoms with Crippen LogP contribution in [0, 0.1) is 0 Å². The topological polar surface area (TPSA) is 65.5 Å². The minimum Gasteiger partial charge on any atom is -0.337 e. The maximum atomic E-state index is 13.2. The van der Waals surface area contributed by atoms with E-state index in [0.29, 0.717) is 22.7 Å². The van der Waals surface area contributed by atoms with Gasteiger partial charge < -0.3 is 9.62 Å². The minimum atomic E-state index is -1.47. The number of fused-ring (bicyclic) bond motifs is 1. The highest BCUT2D eigenvalue weighted by molar-refractivity contribution is 7.86. The first-order chi connectivity index (χ1) is 18.1. The first-order valence-corrected chi connectivity index (χ1v) is 14.0. The summed E-state index contributed by atoms with van der Waals surface area (Å²) in [5.74, 6) is 0.0433. The number of nitrogens with one attached hydrogen (secondary N) is 1. The molecule has 4 aromatic rings. The number of rotatable bonds is 7. The summed E-state index contributed by atoms with van der Waals surface area (Å²) in [6.07, 6.45) is 3.69. The summed E-state index contributed by atoms with van der Waals surface area (Å²) in [4.78, 5) is 22.7. The molecule has 2 heterocycles. The molecule has 6 nitrogen and oxygen atoms in total. The molecule has 1 unspecified atom stereocenters. The lowest BCUT2D eigenvalue weighted by molar-refractivity contribution is 0.0761. The van der Waals surface area contributed by atoms with Crippen LogP contribution in [-0.4, -0.2) is 51.1 Å². The van der Waals surface area contributed by atoms with Crippen molar-refractivity contribution in [2.24, 2.45) is 0 Å². The zero-order chi connectivity index (χ0) is 25.6. The maximum absolute atomic E-state index is 13.2. The van der Waals surface area contributed by atoms with Crippen LogP contribution in [0.1, 0.15) is 34.8 Å². The molecule has 1 aliphatic heterocycles. The number of amides is 1. The number of carbonyl (C=O) groups is 1. The molecule has 3 aromatic carbocycles. The second-order valence-corrected chi connectivity index (χ2v) is 10.5. The van der Waals surface area contributed by atoms with Crippen LogP contribution in [0.5, 0.6) is 0 Å². The SMILES string of the molecule is CCc1ccccc1CN1CCCN(C(=O)c2ccc(NS(=O)c3cccc4cccnc34)cc2)CC1. The number of anilines is 1. The Labute approximate surface area is 220 Å². The Morgan fingerprint density at radius 2 is 1.68 bits per heavy atom. The fraction of sp³-hybridized carbons (Fsp3) is 0.267. The molecule has 1 saturated heterocycles. The van der Waals surface area contributed by atoms with Crippen molar-refractivity contribution >= 4 is 33.5 Å². The van der Waals surface area contributed by atoms with E-state index in [9.17, 15) is 9.00 Å². The normalized spacial score (nSPS) is 15.3. The van der Waals surface area contributed by atoms with Gasteiger partial charge in [-0.25, -0.2) is 4.21 Å². The number of hydrogen-bond acceptors (Lipinski definition) is 4. The highest BCUT2D eigenvalue weighted by atomic mass is 32.2. The molecule has 5 rings (SSSR count). The standard InChI is InChI=1S/C30H32N4O2S/c1-2-23-8-3-4-9-26(23)22-33-18-7-19-34(21-20-33)30(35)25-13-15-27(16-14-25)32-37(36)28-12-5-10-24-11-6-17-31-29(24)28/h3-6,8-17,32H,2,7,18-22H2,1H3. The number of aromatic nitrogens is 1. The number of aryl methyl sites for hydroxylation is 1. The molecule has 37 heavy (non-hydrogen) atoms. The van der Waals surface area contributed by atoms with Crippen LogP contribution in [0.3, 0.4) is 0 Å². The van der Waals surface area contributed by atoms with E-state index in [1.165, 1.54) is 11.1 Å². The minimum absolute atomic E-state index is 0.0433. The van der Waals surface area contributed by atoms with E-state index >= 15 is 0 Å². The lowest BCUT2D eigenvalue weighted by Gasteiger charge is -2.23. The summed E-state index contributed by atoms with van der Waals surface area (Å²) in [7, 11) is -1.47. The van der Waals surface area contributed by atoms with Gasteiger partial charge in [0.05, 0.1) is 10.4 Å². The van der Waals surface area contributed by atoms with Gasteiger partial charge in [0.25, 0.3) is 5.91 Å². The molecule has 7 heteroatoms. The molecule has 0 aliphatic carbocycles. The van der Waals surface area contributed by atoms with E-state index in [4.69, 9.17) is 0 Å². The maximum Gasteiger partial charge on any atom is 0.253 e. The highest BCUT2D eigenvalue weighted by Gasteiger charge is 2.21. The second kappa shape index (κ2) is 11.7. The van der Waals surface area contributed by atoms with Crippen LogP contribution < -0.4 is 4.72 Å². The Kier molecular flexibility index (Phi) is 7.92. The average Bonchev–Trinajstić information content (AvgIpc) is 3.18. The summed E-state index contributed by atoms with van der Waals surface area (Å²) in [6, 6.07) is 25.3. The lowest BCUT2D eigenvalue weighted by atomic mass is 10.0. The number of hydrogen-bond donors (Lipinski definition) is 1. The fourth-order valence-corrected chi connectivity index (χ4v) is 5.89. The summed E-state index contributed by atoms with van der Waals surface area (Å²) < 4.78 is 16.1. The van der Waals surface area contributed by atoms with Crippen molar-refractivity contribution in [3.05, 3.63) is 102 Å². The predicted octanol–water partition coefficient (Wildman–Crippen LogP) is 5.28. The zero-order valence-electron chi connectivity index (χ0n) is 21.1. The van der Waals surface area contributed by atoms with Crippen molar-refractivity contribution < 1.29 is 9.00 Å². The molecule has 1 aliphatic rings. The quantitative estimate of drug-likeness (QED) is 0.366. The van der Waals surface area contributed by atoms with Gasteiger partial charge in [-0.05, 0) is 60.4 Å². The molecule has 0 spiro atoms. The first-order valence-electron chi connectivity index (χ1n) is 12.8. The van der Waals surface area contributed by atoms with Crippen LogP contribution in [0.25, 0.3) is 10.9 Å². The van der Waals surface area contributed by atoms with Gasteiger partial charge in [-0.2, -0.15) is 0 Å². The van der Waals surface area contributed by atoms with Crippen molar-refractivity contribution in [3.8, 4) is 0 Å². The van der Waals surface area contributed by atoms with Gasteiger partial charge in [0.1, 0.15) is 0 Å². The Morgan fingerprint density at radius 3 is 2.49 bits per heavy atom. The third kappa shape index (κ3) is 5.89. The molecule has 1 fully saturated rings. The first kappa shape index (κ1) is 25.1. The predicted molar refractivity (Wildman–Crippen MR) is 150 cm³/mol. The largest absolute Gasteiger partial charge is 0.337 e. The molecule has 0 bridgehead atoms. The van der Waals surface area contributed by atoms with Gasteiger partial charge in [-0.1, -0.05) is 49.4 Å². The Balaban J connectivity index is 1.20. The number of carbonyl (C=O) groups excluding carboxylic acids is 1. The Hall–Kier alpha value is -3.55. The molecule has 1 aromatic heterocycles. The van der Waals surface area contributed by atoms with Crippen molar-refractivity contribution in [1.82, 2.24) is 14.8 Å². The molecular formula is C30H32N4O2S. The average molecular weight is 513 g/mol. The monoisotopic (exact) mass is 512 g/mol. The molecule has 1 N–H and O–H groups in total. The number of benzene rings is 3. The van der Waals surface area contributed by atoms with E-state index in [2.05, 4.69) is 45.8 Å². The van der Waals surface area contributed by atoms with E-state index < -0.39 is 11.0 Å². The number of para-hydroxylation sites is 1. The van der Waals surface area contributed by atoms with Crippen LogP contribution in [0.15, 0.2) is 90.0 Å². The van der Waals surface area contributed by atoms with Crippen LogP contribution in [-0.2, 0) is 24.0 Å². The van der Waals surface area contributed by atoms with Crippen LogP contribution in [0.2, 0.25) is 0 Å². The second-order valence-electron chi connectivity index (χ2n) is 9.32. The van der Waals surface area contributed by atoms with Gasteiger partial charge in [-0.15, -0.1) is 0 Å². The molecule has 0 saturated carbocycles. The van der Waals surface area contributed by atoms with Gasteiger partial charge in [0.15, 0.2) is 11.0 Å². The Bertz CT molecular complexity index is 1400. The van der Waals surface area contributed by atoms with Gasteiger partial charge in [0.2, 0.25) is 0 Å². The molecule has 1 amide bonds. The highest BCUT2D eigenvalue weighted by Crippen LogP contribution is 2.22. The fourth-order valence-electron chi connectivity index (χ4n) is 4.88. The number of nitrogens with zero attached hydrogens (tertiary/aromatic N) is 3. The van der Waals surface area contributed by atoms with E-state index in [1.54, 1.807) is 6.20 Å². The zero-order valence-corrected chi connectivity index (χ0v) is 21.9. The third-order valence-electron chi connectivity index (χ3n) is 6.91. The van der Waals surface area contributed by atoms with Crippen molar-refractivity contribution in [1.29, 1.82) is 0 Å². The lowest BCUT2D eigenvalue weighted by Crippen LogP contribution is -2.35. The summed E-state index contributed by atoms with van der Waals surface area (Å²) in [5.41, 5.74) is 4.83. The van der Waals surface area contributed by atoms with Gasteiger partial charge >= 0.3 is 0 Å². The van der Waals surface area contributed by atoms with Crippen molar-refractivity contribution in [3.63, 3.8) is 0 Å². The molecule has 0 radical (unpaired) electrons. The van der Waals surface area contributed by atoms with Crippen molar-refractivity contribution in [2.75, 3.05) is 30.9 Å². The molecular weight excluding hydrogens is 480 g/mol. The van der Waals surface area contributed by atoms with Crippen molar-refractivity contribution in [2.45, 2.75) is 31.2 Å². The van der Waals surface area contributed by atoms with Gasteiger partial charge in [0, 0.05) is 55.6 Å². The van der Waals surface area contributed by atoms with Crippen LogP contribution in [0.4, 0.5) is 5.69 Å². The van der Waals surface area contributed by atoms with Crippen LogP contribution >= 0.6 is 0 Å². The number of pyridine rings is 1. The molecule has 1 atom stereocenters. The van der Waals surface area contributed by atoms with Gasteiger partial charge in [-0.3, -0.25) is 14.7 Å². The smallest absolute Gasteiger partial charge is 0.253 e. The van der Waals surface area contributed by atoms with E-state index in [-0.39, 0.29) is 5.91 Å². The molecule has 190 valence electrons. The van der Waals surface area contributed by atoms with E-state index in [0.717, 1.165) is 49.9 Å². The summed E-state index contributed by atoms with van der Waals surface area (Å²) in [5, 5.41) is 0.946.